The summed E-state index contributed by atoms with van der Waals surface area (Å²) in [4.78, 5) is 0. The van der Waals surface area contributed by atoms with Crippen LogP contribution in [0.3, 0.4) is 0 Å². The molecule has 1 aromatic carbocycles. The van der Waals surface area contributed by atoms with Gasteiger partial charge in [-0.1, -0.05) is 30.3 Å². The Labute approximate surface area is 101 Å². The highest BCUT2D eigenvalue weighted by Crippen LogP contribution is 2.19. The fourth-order valence-corrected chi connectivity index (χ4v) is 1.88. The second-order valence-corrected chi connectivity index (χ2v) is 5.14. The van der Waals surface area contributed by atoms with Crippen LogP contribution in [-0.4, -0.2) is 22.0 Å². The monoisotopic (exact) mass is 265 g/mol. The molecule has 1 unspecified atom stereocenters. The molecule has 0 heterocycles. The maximum atomic E-state index is 12.0. The van der Waals surface area contributed by atoms with E-state index in [0.717, 1.165) is 5.56 Å². The zero-order chi connectivity index (χ0) is 12.9. The first-order valence-electron chi connectivity index (χ1n) is 5.15. The van der Waals surface area contributed by atoms with Gasteiger partial charge in [0.25, 0.3) is 0 Å². The molecule has 96 valence electrons. The van der Waals surface area contributed by atoms with Gasteiger partial charge in [-0.25, -0.2) is 0 Å². The Balaban J connectivity index is 2.35. The number of nitrogens with one attached hydrogen (secondary N) is 1. The average Bonchev–Trinajstić information content (AvgIpc) is 2.28. The van der Waals surface area contributed by atoms with Crippen molar-refractivity contribution in [2.75, 3.05) is 12.3 Å². The first-order valence-corrected chi connectivity index (χ1v) is 6.46. The molecule has 0 saturated heterocycles. The quantitative estimate of drug-likeness (QED) is 0.886. The molecule has 0 aromatic heterocycles. The van der Waals surface area contributed by atoms with E-state index >= 15 is 0 Å². The lowest BCUT2D eigenvalue weighted by molar-refractivity contribution is -0.0384. The molecule has 1 aromatic rings. The normalized spacial score (nSPS) is 15.5. The van der Waals surface area contributed by atoms with Crippen LogP contribution in [0.5, 0.6) is 0 Å². The van der Waals surface area contributed by atoms with E-state index < -0.39 is 22.1 Å². The summed E-state index contributed by atoms with van der Waals surface area (Å²) in [5.74, 6) is -0.416. The predicted octanol–water partition coefficient (Wildman–Crippen LogP) is 2.61. The topological polar surface area (TPSA) is 29.1 Å². The Morgan fingerprint density at radius 3 is 2.41 bits per heavy atom. The Morgan fingerprint density at radius 1 is 1.29 bits per heavy atom. The first kappa shape index (κ1) is 14.2. The van der Waals surface area contributed by atoms with Gasteiger partial charge in [0, 0.05) is 18.3 Å². The Morgan fingerprint density at radius 2 is 1.88 bits per heavy atom. The molecule has 0 fully saturated rings. The maximum Gasteiger partial charge on any atom is 0.471 e. The van der Waals surface area contributed by atoms with Crippen LogP contribution >= 0.6 is 0 Å². The van der Waals surface area contributed by atoms with E-state index in [1.165, 1.54) is 0 Å². The fourth-order valence-electron chi connectivity index (χ4n) is 1.34. The molecule has 0 aliphatic heterocycles. The number of hydrogen-bond acceptors (Lipinski definition) is 2. The van der Waals surface area contributed by atoms with Crippen molar-refractivity contribution in [1.82, 2.24) is 5.32 Å². The van der Waals surface area contributed by atoms with E-state index in [9.17, 15) is 17.4 Å². The second-order valence-electron chi connectivity index (χ2n) is 3.58. The van der Waals surface area contributed by atoms with Gasteiger partial charge in [0.1, 0.15) is 10.8 Å². The minimum absolute atomic E-state index is 0.0542. The summed E-state index contributed by atoms with van der Waals surface area (Å²) in [7, 11) is -2.77. The van der Waals surface area contributed by atoms with E-state index in [-0.39, 0.29) is 12.6 Å². The SMILES string of the molecule is C[C@@H](NCCS(=O)C(F)(F)F)c1ccccc1. The fraction of sp³-hybridized carbons (Fsp3) is 0.455. The summed E-state index contributed by atoms with van der Waals surface area (Å²) in [6.07, 6.45) is 0. The summed E-state index contributed by atoms with van der Waals surface area (Å²) in [6, 6.07) is 9.32. The molecular formula is C11H14F3NOS. The van der Waals surface area contributed by atoms with Gasteiger partial charge in [-0.3, -0.25) is 4.21 Å². The van der Waals surface area contributed by atoms with Crippen LogP contribution in [0.25, 0.3) is 0 Å². The van der Waals surface area contributed by atoms with Gasteiger partial charge in [0.2, 0.25) is 0 Å². The highest BCUT2D eigenvalue weighted by molar-refractivity contribution is 7.85. The minimum atomic E-state index is -4.61. The number of halogens is 3. The highest BCUT2D eigenvalue weighted by atomic mass is 32.2. The lowest BCUT2D eigenvalue weighted by Gasteiger charge is -2.14. The van der Waals surface area contributed by atoms with Crippen molar-refractivity contribution in [3.8, 4) is 0 Å². The Kier molecular flexibility index (Phi) is 5.14. The lowest BCUT2D eigenvalue weighted by atomic mass is 10.1. The van der Waals surface area contributed by atoms with Gasteiger partial charge in [-0.15, -0.1) is 0 Å². The average molecular weight is 265 g/mol. The van der Waals surface area contributed by atoms with Crippen LogP contribution in [-0.2, 0) is 10.8 Å². The van der Waals surface area contributed by atoms with E-state index in [2.05, 4.69) is 5.32 Å². The standard InChI is InChI=1S/C11H14F3NOS/c1-9(10-5-3-2-4-6-10)15-7-8-17(16)11(12,13)14/h2-6,9,15H,7-8H2,1H3/t9-,17?/m1/s1. The molecule has 0 saturated carbocycles. The van der Waals surface area contributed by atoms with Crippen LogP contribution < -0.4 is 5.32 Å². The van der Waals surface area contributed by atoms with E-state index in [1.54, 1.807) is 0 Å². The third-order valence-corrected chi connectivity index (χ3v) is 3.39. The van der Waals surface area contributed by atoms with Crippen molar-refractivity contribution in [3.63, 3.8) is 0 Å². The van der Waals surface area contributed by atoms with E-state index in [1.807, 2.05) is 37.3 Å². The molecular weight excluding hydrogens is 251 g/mol. The van der Waals surface area contributed by atoms with Gasteiger partial charge in [-0.05, 0) is 12.5 Å². The zero-order valence-corrected chi connectivity index (χ0v) is 10.1. The minimum Gasteiger partial charge on any atom is -0.309 e. The molecule has 17 heavy (non-hydrogen) atoms. The van der Waals surface area contributed by atoms with Gasteiger partial charge < -0.3 is 5.32 Å². The third kappa shape index (κ3) is 4.87. The van der Waals surface area contributed by atoms with Crippen molar-refractivity contribution < 1.29 is 17.4 Å². The number of rotatable bonds is 5. The molecule has 1 rings (SSSR count). The smallest absolute Gasteiger partial charge is 0.309 e. The van der Waals surface area contributed by atoms with Crippen LogP contribution in [0.4, 0.5) is 13.2 Å². The van der Waals surface area contributed by atoms with Crippen LogP contribution in [0, 0.1) is 0 Å². The lowest BCUT2D eigenvalue weighted by Crippen LogP contribution is -2.28. The van der Waals surface area contributed by atoms with Crippen molar-refractivity contribution in [1.29, 1.82) is 0 Å². The van der Waals surface area contributed by atoms with Gasteiger partial charge >= 0.3 is 5.51 Å². The summed E-state index contributed by atoms with van der Waals surface area (Å²) in [6.45, 7) is 1.92. The summed E-state index contributed by atoms with van der Waals surface area (Å²) >= 11 is 0. The summed E-state index contributed by atoms with van der Waals surface area (Å²) in [5, 5.41) is 2.91. The summed E-state index contributed by atoms with van der Waals surface area (Å²) in [5.41, 5.74) is -3.62. The Hall–Kier alpha value is -0.880. The molecule has 0 bridgehead atoms. The largest absolute Gasteiger partial charge is 0.471 e. The summed E-state index contributed by atoms with van der Waals surface area (Å²) < 4.78 is 46.6. The molecule has 0 amide bonds. The van der Waals surface area contributed by atoms with Crippen LogP contribution in [0.15, 0.2) is 30.3 Å². The number of alkyl halides is 3. The predicted molar refractivity (Wildman–Crippen MR) is 61.9 cm³/mol. The molecule has 6 heteroatoms. The van der Waals surface area contributed by atoms with Crippen molar-refractivity contribution >= 4 is 10.8 Å². The number of benzene rings is 1. The van der Waals surface area contributed by atoms with Crippen molar-refractivity contribution in [2.24, 2.45) is 0 Å². The van der Waals surface area contributed by atoms with Gasteiger partial charge in [-0.2, -0.15) is 13.2 Å². The maximum absolute atomic E-state index is 12.0. The molecule has 2 atom stereocenters. The molecule has 0 spiro atoms. The van der Waals surface area contributed by atoms with Crippen molar-refractivity contribution in [2.45, 2.75) is 18.5 Å². The molecule has 2 nitrogen and oxygen atoms in total. The first-order chi connectivity index (χ1) is 7.91. The highest BCUT2D eigenvalue weighted by Gasteiger charge is 2.35. The Bertz CT molecular complexity index is 367. The van der Waals surface area contributed by atoms with Crippen molar-refractivity contribution in [3.05, 3.63) is 35.9 Å². The molecule has 0 radical (unpaired) electrons. The molecule has 0 aliphatic carbocycles. The van der Waals surface area contributed by atoms with Crippen LogP contribution in [0.1, 0.15) is 18.5 Å². The van der Waals surface area contributed by atoms with Gasteiger partial charge in [0.15, 0.2) is 0 Å². The second kappa shape index (κ2) is 6.16. The third-order valence-electron chi connectivity index (χ3n) is 2.30. The zero-order valence-electron chi connectivity index (χ0n) is 9.33. The van der Waals surface area contributed by atoms with Crippen LogP contribution in [0.2, 0.25) is 0 Å². The van der Waals surface area contributed by atoms with E-state index in [4.69, 9.17) is 0 Å². The van der Waals surface area contributed by atoms with Gasteiger partial charge in [0.05, 0.1) is 0 Å². The van der Waals surface area contributed by atoms with E-state index in [0.29, 0.717) is 0 Å². The number of hydrogen-bond donors (Lipinski definition) is 1. The molecule has 1 N–H and O–H groups in total. The molecule has 0 aliphatic rings.